The SMILES string of the molecule is C=C(N)N=C(CC)OC1CCC(NC(=O)c2cnn3c(C4CC4)c(OCC(C)(C)O)ccc23)CC1. The van der Waals surface area contributed by atoms with Gasteiger partial charge in [0.2, 0.25) is 0 Å². The Hall–Kier alpha value is -3.07. The van der Waals surface area contributed by atoms with Crippen LogP contribution in [0.4, 0.5) is 0 Å². The standard InChI is InChI=1S/C26H37N5O4/c1-5-23(29-16(2)27)35-19-10-8-18(9-11-19)30-25(32)20-14-28-31-21(20)12-13-22(24(31)17-6-7-17)34-15-26(3,4)33/h12-14,17-19,33H,2,5-11,15,27H2,1,3-4H3,(H,30,32). The number of aromatic nitrogens is 2. The van der Waals surface area contributed by atoms with Crippen LogP contribution in [0.15, 0.2) is 35.7 Å². The Bertz CT molecular complexity index is 1100. The summed E-state index contributed by atoms with van der Waals surface area (Å²) in [4.78, 5) is 17.3. The van der Waals surface area contributed by atoms with Crippen molar-refractivity contribution in [1.82, 2.24) is 14.9 Å². The van der Waals surface area contributed by atoms with Crippen molar-refractivity contribution >= 4 is 17.3 Å². The van der Waals surface area contributed by atoms with Gasteiger partial charge in [-0.1, -0.05) is 13.5 Å². The summed E-state index contributed by atoms with van der Waals surface area (Å²) in [5.74, 6) is 1.80. The van der Waals surface area contributed by atoms with Gasteiger partial charge >= 0.3 is 0 Å². The van der Waals surface area contributed by atoms with Crippen LogP contribution in [0.1, 0.15) is 87.7 Å². The van der Waals surface area contributed by atoms with Crippen LogP contribution in [-0.2, 0) is 4.74 Å². The molecule has 35 heavy (non-hydrogen) atoms. The fourth-order valence-corrected chi connectivity index (χ4v) is 4.47. The molecule has 0 aromatic carbocycles. The molecule has 2 heterocycles. The number of fused-ring (bicyclic) bond motifs is 1. The van der Waals surface area contributed by atoms with Crippen molar-refractivity contribution in [3.05, 3.63) is 42.0 Å². The van der Waals surface area contributed by atoms with Crippen LogP contribution >= 0.6 is 0 Å². The molecule has 2 saturated carbocycles. The summed E-state index contributed by atoms with van der Waals surface area (Å²) in [6.07, 6.45) is 7.83. The molecule has 2 aromatic rings. The average molecular weight is 484 g/mol. The van der Waals surface area contributed by atoms with Crippen molar-refractivity contribution in [2.45, 2.75) is 89.4 Å². The molecule has 2 aliphatic rings. The van der Waals surface area contributed by atoms with Crippen molar-refractivity contribution in [3.63, 3.8) is 0 Å². The van der Waals surface area contributed by atoms with E-state index in [-0.39, 0.29) is 30.5 Å². The normalized spacial score (nSPS) is 21.1. The number of nitrogens with zero attached hydrogens (tertiary/aromatic N) is 3. The number of aliphatic imine (C=N–C) groups is 1. The van der Waals surface area contributed by atoms with Crippen LogP contribution in [-0.4, -0.2) is 50.9 Å². The molecule has 0 bridgehead atoms. The average Bonchev–Trinajstić information content (AvgIpc) is 3.54. The highest BCUT2D eigenvalue weighted by Gasteiger charge is 2.32. The van der Waals surface area contributed by atoms with E-state index in [2.05, 4.69) is 22.0 Å². The van der Waals surface area contributed by atoms with Gasteiger partial charge in [-0.05, 0) is 64.5 Å². The van der Waals surface area contributed by atoms with Gasteiger partial charge in [-0.15, -0.1) is 0 Å². The number of ether oxygens (including phenoxy) is 2. The van der Waals surface area contributed by atoms with Crippen LogP contribution in [0, 0.1) is 0 Å². The summed E-state index contributed by atoms with van der Waals surface area (Å²) in [5.41, 5.74) is 6.93. The number of nitrogens with two attached hydrogens (primary N) is 1. The minimum Gasteiger partial charge on any atom is -0.489 e. The van der Waals surface area contributed by atoms with Crippen LogP contribution in [0.5, 0.6) is 5.75 Å². The lowest BCUT2D eigenvalue weighted by Gasteiger charge is -2.29. The highest BCUT2D eigenvalue weighted by atomic mass is 16.5. The molecule has 9 nitrogen and oxygen atoms in total. The number of amides is 1. The van der Waals surface area contributed by atoms with Gasteiger partial charge in [0.1, 0.15) is 24.3 Å². The van der Waals surface area contributed by atoms with Gasteiger partial charge in [0, 0.05) is 18.4 Å². The van der Waals surface area contributed by atoms with Crippen molar-refractivity contribution in [2.75, 3.05) is 6.61 Å². The Morgan fingerprint density at radius 2 is 2.00 bits per heavy atom. The number of hydrogen-bond donors (Lipinski definition) is 3. The van der Waals surface area contributed by atoms with E-state index in [1.807, 2.05) is 23.6 Å². The first-order valence-corrected chi connectivity index (χ1v) is 12.5. The Morgan fingerprint density at radius 3 is 2.60 bits per heavy atom. The van der Waals surface area contributed by atoms with E-state index in [1.165, 1.54) is 0 Å². The lowest BCUT2D eigenvalue weighted by molar-refractivity contribution is 0.0279. The minimum absolute atomic E-state index is 0.0709. The van der Waals surface area contributed by atoms with E-state index in [1.54, 1.807) is 20.0 Å². The van der Waals surface area contributed by atoms with E-state index in [0.717, 1.165) is 49.7 Å². The van der Waals surface area contributed by atoms with E-state index >= 15 is 0 Å². The first kappa shape index (κ1) is 25.0. The second-order valence-electron chi connectivity index (χ2n) is 10.2. The van der Waals surface area contributed by atoms with Crippen LogP contribution in [0.25, 0.3) is 5.52 Å². The number of rotatable bonds is 9. The zero-order valence-electron chi connectivity index (χ0n) is 20.9. The molecule has 0 aliphatic heterocycles. The number of pyridine rings is 1. The van der Waals surface area contributed by atoms with Gasteiger partial charge in [0.05, 0.1) is 28.6 Å². The maximum Gasteiger partial charge on any atom is 0.255 e. The Kier molecular flexibility index (Phi) is 7.35. The number of hydrogen-bond acceptors (Lipinski definition) is 7. The number of aliphatic hydroxyl groups is 1. The quantitative estimate of drug-likeness (QED) is 0.369. The Balaban J connectivity index is 1.41. The smallest absolute Gasteiger partial charge is 0.255 e. The lowest BCUT2D eigenvalue weighted by atomic mass is 9.92. The van der Waals surface area contributed by atoms with E-state index in [4.69, 9.17) is 15.2 Å². The second kappa shape index (κ2) is 10.3. The summed E-state index contributed by atoms with van der Waals surface area (Å²) in [7, 11) is 0. The maximum absolute atomic E-state index is 13.2. The highest BCUT2D eigenvalue weighted by Crippen LogP contribution is 2.44. The molecular formula is C26H37N5O4. The summed E-state index contributed by atoms with van der Waals surface area (Å²) in [6.45, 7) is 9.20. The molecule has 0 radical (unpaired) electrons. The zero-order chi connectivity index (χ0) is 25.2. The molecule has 4 N–H and O–H groups in total. The number of nitrogens with one attached hydrogen (secondary N) is 1. The molecule has 2 fully saturated rings. The molecule has 0 unspecified atom stereocenters. The monoisotopic (exact) mass is 483 g/mol. The third-order valence-electron chi connectivity index (χ3n) is 6.35. The Morgan fingerprint density at radius 1 is 1.29 bits per heavy atom. The molecule has 0 spiro atoms. The van der Waals surface area contributed by atoms with Crippen molar-refractivity contribution in [3.8, 4) is 5.75 Å². The van der Waals surface area contributed by atoms with Gasteiger partial charge in [0.15, 0.2) is 5.90 Å². The molecule has 4 rings (SSSR count). The third-order valence-corrected chi connectivity index (χ3v) is 6.35. The zero-order valence-corrected chi connectivity index (χ0v) is 20.9. The second-order valence-corrected chi connectivity index (χ2v) is 10.2. The first-order chi connectivity index (χ1) is 16.6. The van der Waals surface area contributed by atoms with Gasteiger partial charge in [0.25, 0.3) is 5.91 Å². The lowest BCUT2D eigenvalue weighted by Crippen LogP contribution is -2.39. The van der Waals surface area contributed by atoms with E-state index in [0.29, 0.717) is 29.5 Å². The minimum atomic E-state index is -0.932. The fourth-order valence-electron chi connectivity index (χ4n) is 4.47. The summed E-state index contributed by atoms with van der Waals surface area (Å²) >= 11 is 0. The van der Waals surface area contributed by atoms with E-state index in [9.17, 15) is 9.90 Å². The fraction of sp³-hybridized carbons (Fsp3) is 0.577. The van der Waals surface area contributed by atoms with Crippen molar-refractivity contribution in [1.29, 1.82) is 0 Å². The number of carbonyl (C=O) groups is 1. The van der Waals surface area contributed by atoms with Gasteiger partial charge in [-0.25, -0.2) is 9.51 Å². The first-order valence-electron chi connectivity index (χ1n) is 12.5. The highest BCUT2D eigenvalue weighted by molar-refractivity contribution is 6.00. The van der Waals surface area contributed by atoms with Gasteiger partial charge in [-0.3, -0.25) is 4.79 Å². The topological polar surface area (TPSA) is 123 Å². The molecule has 2 aromatic heterocycles. The summed E-state index contributed by atoms with van der Waals surface area (Å²) in [6, 6.07) is 3.84. The van der Waals surface area contributed by atoms with Gasteiger partial charge in [-0.2, -0.15) is 5.10 Å². The molecule has 1 amide bonds. The van der Waals surface area contributed by atoms with Crippen molar-refractivity contribution < 1.29 is 19.4 Å². The molecular weight excluding hydrogens is 446 g/mol. The predicted molar refractivity (Wildman–Crippen MR) is 135 cm³/mol. The number of carbonyl (C=O) groups excluding carboxylic acids is 1. The van der Waals surface area contributed by atoms with Crippen LogP contribution in [0.3, 0.4) is 0 Å². The molecule has 0 atom stereocenters. The summed E-state index contributed by atoms with van der Waals surface area (Å²) < 4.78 is 13.7. The summed E-state index contributed by atoms with van der Waals surface area (Å²) in [5, 5.41) is 17.8. The maximum atomic E-state index is 13.2. The molecule has 190 valence electrons. The Labute approximate surface area is 206 Å². The third kappa shape index (κ3) is 6.33. The largest absolute Gasteiger partial charge is 0.489 e. The van der Waals surface area contributed by atoms with E-state index < -0.39 is 5.60 Å². The molecule has 0 saturated heterocycles. The molecule has 9 heteroatoms. The van der Waals surface area contributed by atoms with Crippen molar-refractivity contribution in [2.24, 2.45) is 10.7 Å². The van der Waals surface area contributed by atoms with Crippen LogP contribution < -0.4 is 15.8 Å². The van der Waals surface area contributed by atoms with Gasteiger partial charge < -0.3 is 25.6 Å². The van der Waals surface area contributed by atoms with Crippen LogP contribution in [0.2, 0.25) is 0 Å². The predicted octanol–water partition coefficient (Wildman–Crippen LogP) is 3.66. The molecule has 2 aliphatic carbocycles.